The molecule has 0 aliphatic heterocycles. The van der Waals surface area contributed by atoms with E-state index in [-0.39, 0.29) is 0 Å². The molecule has 0 aromatic carbocycles. The van der Waals surface area contributed by atoms with E-state index in [2.05, 4.69) is 10.8 Å². The summed E-state index contributed by atoms with van der Waals surface area (Å²) in [5.74, 6) is 1.10. The van der Waals surface area contributed by atoms with Crippen LogP contribution in [0.5, 0.6) is 0 Å². The molecule has 13 heavy (non-hydrogen) atoms. The normalized spacial score (nSPS) is 10.9. The van der Waals surface area contributed by atoms with Gasteiger partial charge >= 0.3 is 0 Å². The number of nitrogens with zero attached hydrogens (tertiary/aromatic N) is 1. The molecule has 0 aliphatic carbocycles. The highest BCUT2D eigenvalue weighted by Gasteiger charge is 1.97. The average Bonchev–Trinajstić information content (AvgIpc) is 2.17. The third-order valence-electron chi connectivity index (χ3n) is 1.73. The lowest BCUT2D eigenvalue weighted by atomic mass is 10.3. The summed E-state index contributed by atoms with van der Waals surface area (Å²) in [5.41, 5.74) is 0.892. The predicted molar refractivity (Wildman–Crippen MR) is 55.2 cm³/mol. The second-order valence-corrected chi connectivity index (χ2v) is 3.64. The van der Waals surface area contributed by atoms with Crippen molar-refractivity contribution in [2.45, 2.75) is 6.54 Å². The van der Waals surface area contributed by atoms with E-state index in [1.54, 1.807) is 0 Å². The van der Waals surface area contributed by atoms with Crippen molar-refractivity contribution in [3.63, 3.8) is 0 Å². The van der Waals surface area contributed by atoms with Crippen molar-refractivity contribution >= 4 is 17.8 Å². The molecule has 3 heteroatoms. The maximum absolute atomic E-state index is 11.8. The van der Waals surface area contributed by atoms with E-state index in [0.29, 0.717) is 6.33 Å². The monoisotopic (exact) mass is 198 g/mol. The Labute approximate surface area is 82.3 Å². The zero-order chi connectivity index (χ0) is 9.52. The largest absolute Gasteiger partial charge is 0.216 e. The molecule has 1 nitrogen and oxygen atoms in total. The van der Waals surface area contributed by atoms with E-state index in [0.717, 1.165) is 17.9 Å². The van der Waals surface area contributed by atoms with Crippen molar-refractivity contribution in [1.82, 2.24) is 0 Å². The van der Waals surface area contributed by atoms with Gasteiger partial charge in [0.1, 0.15) is 0 Å². The lowest BCUT2D eigenvalue weighted by Gasteiger charge is -1.94. The van der Waals surface area contributed by atoms with Gasteiger partial charge in [0.25, 0.3) is 0 Å². The Kier molecular flexibility index (Phi) is 4.54. The standard InChI is InChI=1S/C10H13FNS/c1-13-9-8-12-6-3-10(2-5-11)4-7-12/h2-7H,8-9H2,1H3/q+1/b5-2+. The summed E-state index contributed by atoms with van der Waals surface area (Å²) in [6.07, 6.45) is 8.01. The van der Waals surface area contributed by atoms with Gasteiger partial charge in [0.05, 0.1) is 12.1 Å². The SMILES string of the molecule is CSCC[n+]1ccc(/C=C/F)cc1. The van der Waals surface area contributed by atoms with E-state index < -0.39 is 0 Å². The average molecular weight is 198 g/mol. The van der Waals surface area contributed by atoms with Crippen molar-refractivity contribution in [2.75, 3.05) is 12.0 Å². The van der Waals surface area contributed by atoms with Crippen LogP contribution in [-0.2, 0) is 6.54 Å². The number of halogens is 1. The van der Waals surface area contributed by atoms with Crippen LogP contribution in [0.25, 0.3) is 6.08 Å². The molecule has 1 aromatic rings. The molecule has 0 aliphatic rings. The van der Waals surface area contributed by atoms with Gasteiger partial charge in [0, 0.05) is 12.1 Å². The Hall–Kier alpha value is -0.830. The summed E-state index contributed by atoms with van der Waals surface area (Å²) in [6.45, 7) is 1.00. The van der Waals surface area contributed by atoms with Gasteiger partial charge in [-0.15, -0.1) is 0 Å². The second-order valence-electron chi connectivity index (χ2n) is 2.65. The lowest BCUT2D eigenvalue weighted by Crippen LogP contribution is -2.33. The van der Waals surface area contributed by atoms with Crippen LogP contribution in [0.4, 0.5) is 4.39 Å². The zero-order valence-electron chi connectivity index (χ0n) is 7.61. The summed E-state index contributed by atoms with van der Waals surface area (Å²) < 4.78 is 13.9. The minimum atomic E-state index is 0.557. The fourth-order valence-electron chi connectivity index (χ4n) is 0.998. The first-order chi connectivity index (χ1) is 6.36. The molecule has 0 saturated heterocycles. The second kappa shape index (κ2) is 5.75. The highest BCUT2D eigenvalue weighted by molar-refractivity contribution is 7.98. The van der Waals surface area contributed by atoms with Crippen LogP contribution in [-0.4, -0.2) is 12.0 Å². The Morgan fingerprint density at radius 3 is 2.69 bits per heavy atom. The van der Waals surface area contributed by atoms with Gasteiger partial charge in [0.2, 0.25) is 0 Å². The van der Waals surface area contributed by atoms with Crippen LogP contribution in [0.3, 0.4) is 0 Å². The molecule has 0 atom stereocenters. The molecular formula is C10H13FNS+. The Balaban J connectivity index is 2.58. The number of aryl methyl sites for hydroxylation is 1. The maximum Gasteiger partial charge on any atom is 0.169 e. The number of aromatic nitrogens is 1. The highest BCUT2D eigenvalue weighted by atomic mass is 32.2. The molecule has 0 N–H and O–H groups in total. The molecule has 1 rings (SSSR count). The van der Waals surface area contributed by atoms with E-state index >= 15 is 0 Å². The van der Waals surface area contributed by atoms with Gasteiger partial charge in [-0.1, -0.05) is 0 Å². The summed E-state index contributed by atoms with van der Waals surface area (Å²) >= 11 is 1.82. The van der Waals surface area contributed by atoms with Crippen LogP contribution in [0.1, 0.15) is 5.56 Å². The maximum atomic E-state index is 11.8. The zero-order valence-corrected chi connectivity index (χ0v) is 8.43. The topological polar surface area (TPSA) is 3.88 Å². The van der Waals surface area contributed by atoms with Gasteiger partial charge in [-0.3, -0.25) is 0 Å². The number of hydrogen-bond donors (Lipinski definition) is 0. The molecule has 0 fully saturated rings. The third-order valence-corrected chi connectivity index (χ3v) is 2.32. The fourth-order valence-corrected chi connectivity index (χ4v) is 1.39. The molecule has 1 heterocycles. The van der Waals surface area contributed by atoms with Crippen molar-refractivity contribution in [2.24, 2.45) is 0 Å². The molecule has 0 bridgehead atoms. The summed E-state index contributed by atoms with van der Waals surface area (Å²) in [6, 6.07) is 3.80. The number of pyridine rings is 1. The number of thioether (sulfide) groups is 1. The Bertz CT molecular complexity index is 269. The number of hydrogen-bond acceptors (Lipinski definition) is 1. The smallest absolute Gasteiger partial charge is 0.169 e. The quantitative estimate of drug-likeness (QED) is 0.671. The van der Waals surface area contributed by atoms with Crippen molar-refractivity contribution < 1.29 is 8.96 Å². The fraction of sp³-hybridized carbons (Fsp3) is 0.300. The Morgan fingerprint density at radius 1 is 1.46 bits per heavy atom. The van der Waals surface area contributed by atoms with Crippen LogP contribution >= 0.6 is 11.8 Å². The Morgan fingerprint density at radius 2 is 2.15 bits per heavy atom. The van der Waals surface area contributed by atoms with E-state index in [9.17, 15) is 4.39 Å². The van der Waals surface area contributed by atoms with E-state index in [4.69, 9.17) is 0 Å². The summed E-state index contributed by atoms with van der Waals surface area (Å²) in [4.78, 5) is 0. The molecular weight excluding hydrogens is 185 g/mol. The van der Waals surface area contributed by atoms with Crippen molar-refractivity contribution in [1.29, 1.82) is 0 Å². The van der Waals surface area contributed by atoms with E-state index in [1.807, 2.05) is 36.3 Å². The van der Waals surface area contributed by atoms with Crippen LogP contribution in [0.2, 0.25) is 0 Å². The van der Waals surface area contributed by atoms with Crippen LogP contribution in [0, 0.1) is 0 Å². The first kappa shape index (κ1) is 10.3. The van der Waals surface area contributed by atoms with Gasteiger partial charge in [-0.2, -0.15) is 11.8 Å². The minimum Gasteiger partial charge on any atom is -0.216 e. The minimum absolute atomic E-state index is 0.557. The number of rotatable bonds is 4. The molecule has 70 valence electrons. The van der Waals surface area contributed by atoms with Gasteiger partial charge < -0.3 is 0 Å². The molecule has 0 saturated carbocycles. The lowest BCUT2D eigenvalue weighted by molar-refractivity contribution is -0.692. The molecule has 1 aromatic heterocycles. The molecule has 0 amide bonds. The highest BCUT2D eigenvalue weighted by Crippen LogP contribution is 1.98. The molecule has 0 unspecified atom stereocenters. The molecule has 0 radical (unpaired) electrons. The van der Waals surface area contributed by atoms with Crippen molar-refractivity contribution in [3.05, 3.63) is 36.4 Å². The molecule has 0 spiro atoms. The third kappa shape index (κ3) is 3.59. The van der Waals surface area contributed by atoms with Crippen LogP contribution in [0.15, 0.2) is 30.9 Å². The summed E-state index contributed by atoms with van der Waals surface area (Å²) in [5, 5.41) is 0. The van der Waals surface area contributed by atoms with Gasteiger partial charge in [-0.05, 0) is 17.9 Å². The van der Waals surface area contributed by atoms with Gasteiger partial charge in [-0.25, -0.2) is 8.96 Å². The predicted octanol–water partition coefficient (Wildman–Crippen LogP) is 2.28. The first-order valence-electron chi connectivity index (χ1n) is 4.11. The first-order valence-corrected chi connectivity index (χ1v) is 5.51. The van der Waals surface area contributed by atoms with Crippen molar-refractivity contribution in [3.8, 4) is 0 Å². The summed E-state index contributed by atoms with van der Waals surface area (Å²) in [7, 11) is 0. The van der Waals surface area contributed by atoms with Gasteiger partial charge in [0.15, 0.2) is 18.9 Å². The van der Waals surface area contributed by atoms with E-state index in [1.165, 1.54) is 6.08 Å². The van der Waals surface area contributed by atoms with Crippen LogP contribution < -0.4 is 4.57 Å².